The molecule has 1 aliphatic rings. The Morgan fingerprint density at radius 1 is 1.41 bits per heavy atom. The lowest BCUT2D eigenvalue weighted by molar-refractivity contribution is -0.132. The average Bonchev–Trinajstić information content (AvgIpc) is 3.23. The molecular weight excluding hydrogens is 296 g/mol. The van der Waals surface area contributed by atoms with Crippen LogP contribution in [-0.2, 0) is 4.79 Å². The molecule has 0 saturated heterocycles. The Bertz CT molecular complexity index is 694. The molecule has 3 rings (SSSR count). The van der Waals surface area contributed by atoms with Gasteiger partial charge < -0.3 is 4.74 Å². The predicted octanol–water partition coefficient (Wildman–Crippen LogP) is 3.84. The molecule has 2 heterocycles. The lowest BCUT2D eigenvalue weighted by atomic mass is 10.0. The van der Waals surface area contributed by atoms with Crippen LogP contribution in [0.25, 0.3) is 0 Å². The maximum absolute atomic E-state index is 12.2. The van der Waals surface area contributed by atoms with Gasteiger partial charge >= 0.3 is 0 Å². The topological polar surface area (TPSA) is 41.9 Å². The number of hydrogen-bond acceptors (Lipinski definition) is 4. The van der Waals surface area contributed by atoms with Gasteiger partial charge in [0.05, 0.1) is 18.9 Å². The third kappa shape index (κ3) is 2.76. The summed E-state index contributed by atoms with van der Waals surface area (Å²) in [5.41, 5.74) is 1.94. The molecule has 2 aromatic rings. The summed E-state index contributed by atoms with van der Waals surface area (Å²) in [5.74, 6) is 0.851. The molecule has 4 nitrogen and oxygen atoms in total. The molecule has 0 saturated carbocycles. The number of thiophene rings is 1. The summed E-state index contributed by atoms with van der Waals surface area (Å²) in [7, 11) is 1.65. The summed E-state index contributed by atoms with van der Waals surface area (Å²) < 4.78 is 5.28. The van der Waals surface area contributed by atoms with Crippen molar-refractivity contribution in [3.63, 3.8) is 0 Å². The molecule has 1 atom stereocenters. The smallest absolute Gasteiger partial charge is 0.243 e. The molecule has 0 unspecified atom stereocenters. The van der Waals surface area contributed by atoms with Gasteiger partial charge in [-0.3, -0.25) is 4.79 Å². The number of ether oxygens (including phenoxy) is 1. The zero-order chi connectivity index (χ0) is 15.5. The van der Waals surface area contributed by atoms with E-state index in [9.17, 15) is 4.79 Å². The van der Waals surface area contributed by atoms with E-state index in [2.05, 4.69) is 11.2 Å². The number of hydrogen-bond donors (Lipinski definition) is 0. The van der Waals surface area contributed by atoms with Crippen molar-refractivity contribution in [2.24, 2.45) is 5.10 Å². The van der Waals surface area contributed by atoms with Crippen molar-refractivity contribution >= 4 is 23.0 Å². The molecule has 0 fully saturated rings. The van der Waals surface area contributed by atoms with Gasteiger partial charge in [-0.25, -0.2) is 5.01 Å². The van der Waals surface area contributed by atoms with Gasteiger partial charge in [0.15, 0.2) is 0 Å². The maximum atomic E-state index is 12.2. The van der Waals surface area contributed by atoms with Gasteiger partial charge in [-0.2, -0.15) is 5.10 Å². The molecule has 0 spiro atoms. The van der Waals surface area contributed by atoms with Crippen molar-refractivity contribution in [2.45, 2.75) is 25.8 Å². The first kappa shape index (κ1) is 14.8. The van der Waals surface area contributed by atoms with Crippen LogP contribution in [-0.4, -0.2) is 23.7 Å². The number of benzene rings is 1. The monoisotopic (exact) mass is 314 g/mol. The first-order chi connectivity index (χ1) is 10.7. The van der Waals surface area contributed by atoms with Crippen LogP contribution in [0.4, 0.5) is 0 Å². The van der Waals surface area contributed by atoms with Gasteiger partial charge in [0.25, 0.3) is 0 Å². The van der Waals surface area contributed by atoms with Crippen molar-refractivity contribution in [1.29, 1.82) is 0 Å². The summed E-state index contributed by atoms with van der Waals surface area (Å²) in [6.07, 6.45) is 1.19. The van der Waals surface area contributed by atoms with Gasteiger partial charge in [-0.05, 0) is 23.6 Å². The summed E-state index contributed by atoms with van der Waals surface area (Å²) >= 11 is 1.66. The average molecular weight is 314 g/mol. The SMILES string of the molecule is CCC(=O)N1N=C(c2cccc(OC)c2)C[C@H]1c1cccs1. The highest BCUT2D eigenvalue weighted by atomic mass is 32.1. The normalized spacial score (nSPS) is 17.5. The lowest BCUT2D eigenvalue weighted by Gasteiger charge is -2.19. The highest BCUT2D eigenvalue weighted by Crippen LogP contribution is 2.35. The van der Waals surface area contributed by atoms with Gasteiger partial charge in [0.1, 0.15) is 5.75 Å². The summed E-state index contributed by atoms with van der Waals surface area (Å²) in [5, 5.41) is 8.27. The van der Waals surface area contributed by atoms with Crippen molar-refractivity contribution in [3.05, 3.63) is 52.2 Å². The van der Waals surface area contributed by atoms with Crippen LogP contribution < -0.4 is 4.74 Å². The molecule has 22 heavy (non-hydrogen) atoms. The van der Waals surface area contributed by atoms with E-state index in [0.717, 1.165) is 23.4 Å². The number of amides is 1. The fourth-order valence-electron chi connectivity index (χ4n) is 2.58. The predicted molar refractivity (Wildman–Crippen MR) is 88.3 cm³/mol. The van der Waals surface area contributed by atoms with Crippen LogP contribution >= 0.6 is 11.3 Å². The van der Waals surface area contributed by atoms with E-state index < -0.39 is 0 Å². The van der Waals surface area contributed by atoms with E-state index >= 15 is 0 Å². The fourth-order valence-corrected chi connectivity index (χ4v) is 3.39. The molecule has 5 heteroatoms. The Kier molecular flexibility index (Phi) is 4.24. The minimum absolute atomic E-state index is 0.00801. The number of carbonyl (C=O) groups excluding carboxylic acids is 1. The largest absolute Gasteiger partial charge is 0.497 e. The second kappa shape index (κ2) is 6.32. The molecule has 1 aliphatic heterocycles. The zero-order valence-corrected chi connectivity index (χ0v) is 13.5. The third-order valence-corrected chi connectivity index (χ3v) is 4.72. The van der Waals surface area contributed by atoms with Gasteiger partial charge in [-0.1, -0.05) is 25.1 Å². The van der Waals surface area contributed by atoms with Crippen LogP contribution in [0.5, 0.6) is 5.75 Å². The molecule has 0 aliphatic carbocycles. The molecule has 0 N–H and O–H groups in total. The fraction of sp³-hybridized carbons (Fsp3) is 0.294. The minimum Gasteiger partial charge on any atom is -0.497 e. The second-order valence-electron chi connectivity index (χ2n) is 5.11. The Morgan fingerprint density at radius 3 is 2.95 bits per heavy atom. The number of carbonyl (C=O) groups is 1. The van der Waals surface area contributed by atoms with E-state index in [1.165, 1.54) is 4.88 Å². The molecule has 0 bridgehead atoms. The Hall–Kier alpha value is -2.14. The first-order valence-electron chi connectivity index (χ1n) is 7.30. The Labute approximate surface area is 134 Å². The van der Waals surface area contributed by atoms with Crippen molar-refractivity contribution in [2.75, 3.05) is 7.11 Å². The lowest BCUT2D eigenvalue weighted by Crippen LogP contribution is -2.25. The molecular formula is C17H18N2O2S. The maximum Gasteiger partial charge on any atom is 0.243 e. The van der Waals surface area contributed by atoms with Crippen LogP contribution in [0.2, 0.25) is 0 Å². The molecule has 1 aromatic carbocycles. The van der Waals surface area contributed by atoms with Gasteiger partial charge in [0, 0.05) is 23.3 Å². The van der Waals surface area contributed by atoms with E-state index in [1.807, 2.05) is 42.6 Å². The highest BCUT2D eigenvalue weighted by Gasteiger charge is 2.32. The summed E-state index contributed by atoms with van der Waals surface area (Å²) in [6.45, 7) is 1.87. The standard InChI is InChI=1S/C17H18N2O2S/c1-3-17(20)19-15(16-8-5-9-22-16)11-14(18-19)12-6-4-7-13(10-12)21-2/h4-10,15H,3,11H2,1-2H3/t15-/m0/s1. The molecule has 114 valence electrons. The summed E-state index contributed by atoms with van der Waals surface area (Å²) in [4.78, 5) is 13.4. The quantitative estimate of drug-likeness (QED) is 0.860. The van der Waals surface area contributed by atoms with E-state index in [4.69, 9.17) is 4.74 Å². The number of hydrazone groups is 1. The van der Waals surface area contributed by atoms with Crippen LogP contribution in [0.1, 0.15) is 36.2 Å². The molecule has 1 aromatic heterocycles. The number of nitrogens with zero attached hydrogens (tertiary/aromatic N) is 2. The summed E-state index contributed by atoms with van der Waals surface area (Å²) in [6, 6.07) is 11.9. The third-order valence-electron chi connectivity index (χ3n) is 3.74. The molecule has 0 radical (unpaired) electrons. The zero-order valence-electron chi connectivity index (χ0n) is 12.7. The van der Waals surface area contributed by atoms with Gasteiger partial charge in [-0.15, -0.1) is 11.3 Å². The highest BCUT2D eigenvalue weighted by molar-refractivity contribution is 7.10. The first-order valence-corrected chi connectivity index (χ1v) is 8.18. The Morgan fingerprint density at radius 2 is 2.27 bits per heavy atom. The molecule has 1 amide bonds. The van der Waals surface area contributed by atoms with Crippen molar-refractivity contribution in [1.82, 2.24) is 5.01 Å². The van der Waals surface area contributed by atoms with Crippen LogP contribution in [0.15, 0.2) is 46.9 Å². The number of methoxy groups -OCH3 is 1. The Balaban J connectivity index is 1.94. The number of rotatable bonds is 4. The van der Waals surface area contributed by atoms with Gasteiger partial charge in [0.2, 0.25) is 5.91 Å². The van der Waals surface area contributed by atoms with Crippen LogP contribution in [0.3, 0.4) is 0 Å². The van der Waals surface area contributed by atoms with Crippen molar-refractivity contribution in [3.8, 4) is 5.75 Å². The van der Waals surface area contributed by atoms with E-state index in [-0.39, 0.29) is 11.9 Å². The second-order valence-corrected chi connectivity index (χ2v) is 6.09. The minimum atomic E-state index is 0.00801. The van der Waals surface area contributed by atoms with E-state index in [1.54, 1.807) is 23.5 Å². The van der Waals surface area contributed by atoms with Crippen LogP contribution in [0, 0.1) is 0 Å². The van der Waals surface area contributed by atoms with Crippen molar-refractivity contribution < 1.29 is 9.53 Å². The van der Waals surface area contributed by atoms with E-state index in [0.29, 0.717) is 6.42 Å².